The standard InChI is InChI=1S/C7H3ClF3NO/c8-6-3(7(10)11)1-5(9)12-4(6)2-13/h1-2,7H. The van der Waals surface area contributed by atoms with Gasteiger partial charge in [-0.1, -0.05) is 11.6 Å². The lowest BCUT2D eigenvalue weighted by molar-refractivity contribution is 0.111. The van der Waals surface area contributed by atoms with Crippen molar-refractivity contribution in [3.63, 3.8) is 0 Å². The van der Waals surface area contributed by atoms with Gasteiger partial charge in [-0.3, -0.25) is 4.79 Å². The van der Waals surface area contributed by atoms with Crippen LogP contribution in [0.5, 0.6) is 0 Å². The Labute approximate surface area is 76.3 Å². The number of hydrogen-bond acceptors (Lipinski definition) is 2. The van der Waals surface area contributed by atoms with E-state index in [1.165, 1.54) is 0 Å². The summed E-state index contributed by atoms with van der Waals surface area (Å²) < 4.78 is 36.8. The number of carbonyl (C=O) groups excluding carboxylic acids is 1. The largest absolute Gasteiger partial charge is 0.296 e. The number of hydrogen-bond donors (Lipinski definition) is 0. The molecule has 2 nitrogen and oxygen atoms in total. The van der Waals surface area contributed by atoms with Crippen LogP contribution in [0.25, 0.3) is 0 Å². The highest BCUT2D eigenvalue weighted by Crippen LogP contribution is 2.28. The minimum Gasteiger partial charge on any atom is -0.296 e. The molecule has 0 bridgehead atoms. The van der Waals surface area contributed by atoms with Gasteiger partial charge >= 0.3 is 0 Å². The Hall–Kier alpha value is -1.10. The average molecular weight is 210 g/mol. The maximum atomic E-state index is 12.5. The van der Waals surface area contributed by atoms with Crippen molar-refractivity contribution in [1.82, 2.24) is 4.98 Å². The zero-order valence-corrected chi connectivity index (χ0v) is 6.86. The van der Waals surface area contributed by atoms with Gasteiger partial charge in [-0.15, -0.1) is 0 Å². The number of aldehydes is 1. The molecule has 0 unspecified atom stereocenters. The monoisotopic (exact) mass is 209 g/mol. The van der Waals surface area contributed by atoms with Crippen LogP contribution < -0.4 is 0 Å². The Bertz CT molecular complexity index is 343. The van der Waals surface area contributed by atoms with E-state index in [0.29, 0.717) is 6.07 Å². The molecule has 70 valence electrons. The van der Waals surface area contributed by atoms with Crippen molar-refractivity contribution in [1.29, 1.82) is 0 Å². The van der Waals surface area contributed by atoms with Crippen molar-refractivity contribution >= 4 is 17.9 Å². The van der Waals surface area contributed by atoms with Crippen LogP contribution in [0.3, 0.4) is 0 Å². The summed E-state index contributed by atoms with van der Waals surface area (Å²) in [6.45, 7) is 0. The first-order chi connectivity index (χ1) is 6.06. The lowest BCUT2D eigenvalue weighted by Crippen LogP contribution is -1.98. The quantitative estimate of drug-likeness (QED) is 0.554. The fourth-order valence-electron chi connectivity index (χ4n) is 0.773. The predicted octanol–water partition coefficient (Wildman–Crippen LogP) is 2.62. The molecule has 1 aromatic rings. The molecule has 0 spiro atoms. The van der Waals surface area contributed by atoms with Gasteiger partial charge in [0.1, 0.15) is 5.69 Å². The van der Waals surface area contributed by atoms with E-state index in [9.17, 15) is 18.0 Å². The van der Waals surface area contributed by atoms with E-state index in [1.54, 1.807) is 0 Å². The number of pyridine rings is 1. The predicted molar refractivity (Wildman–Crippen MR) is 39.5 cm³/mol. The molecule has 6 heteroatoms. The third kappa shape index (κ3) is 1.98. The van der Waals surface area contributed by atoms with Gasteiger partial charge < -0.3 is 0 Å². The number of rotatable bonds is 2. The molecule has 0 aliphatic heterocycles. The molecule has 0 aliphatic carbocycles. The molecule has 0 atom stereocenters. The minimum absolute atomic E-state index is 0.122. The minimum atomic E-state index is -2.93. The second kappa shape index (κ2) is 3.74. The van der Waals surface area contributed by atoms with Crippen LogP contribution >= 0.6 is 11.6 Å². The molecule has 0 radical (unpaired) electrons. The highest BCUT2D eigenvalue weighted by molar-refractivity contribution is 6.33. The first kappa shape index (κ1) is 9.98. The second-order valence-corrected chi connectivity index (χ2v) is 2.53. The fraction of sp³-hybridized carbons (Fsp3) is 0.143. The molecule has 1 rings (SSSR count). The summed E-state index contributed by atoms with van der Waals surface area (Å²) in [5.74, 6) is -1.15. The van der Waals surface area contributed by atoms with Crippen LogP contribution in [0.2, 0.25) is 5.02 Å². The van der Waals surface area contributed by atoms with Gasteiger partial charge in [-0.2, -0.15) is 4.39 Å². The molecule has 13 heavy (non-hydrogen) atoms. The van der Waals surface area contributed by atoms with Gasteiger partial charge in [-0.25, -0.2) is 13.8 Å². The summed E-state index contributed by atoms with van der Waals surface area (Å²) in [6.07, 6.45) is -2.80. The molecule has 0 fully saturated rings. The first-order valence-corrected chi connectivity index (χ1v) is 3.53. The van der Waals surface area contributed by atoms with Crippen LogP contribution in [0, 0.1) is 5.95 Å². The zero-order chi connectivity index (χ0) is 10.0. The molecule has 1 aromatic heterocycles. The van der Waals surface area contributed by atoms with E-state index in [0.717, 1.165) is 0 Å². The molecular formula is C7H3ClF3NO. The molecule has 1 heterocycles. The molecule has 0 amide bonds. The fourth-order valence-corrected chi connectivity index (χ4v) is 0.997. The van der Waals surface area contributed by atoms with E-state index in [-0.39, 0.29) is 6.29 Å². The summed E-state index contributed by atoms with van der Waals surface area (Å²) in [6, 6.07) is 0.500. The Morgan fingerprint density at radius 1 is 1.54 bits per heavy atom. The van der Waals surface area contributed by atoms with Crippen molar-refractivity contribution in [2.24, 2.45) is 0 Å². The van der Waals surface area contributed by atoms with Gasteiger partial charge in [0.2, 0.25) is 5.95 Å². The van der Waals surface area contributed by atoms with Crippen molar-refractivity contribution in [2.75, 3.05) is 0 Å². The summed E-state index contributed by atoms with van der Waals surface area (Å²) in [4.78, 5) is 13.2. The van der Waals surface area contributed by atoms with Crippen molar-refractivity contribution in [3.8, 4) is 0 Å². The number of halogens is 4. The van der Waals surface area contributed by atoms with Crippen LogP contribution in [-0.2, 0) is 0 Å². The average Bonchev–Trinajstić information content (AvgIpc) is 2.08. The first-order valence-electron chi connectivity index (χ1n) is 3.15. The van der Waals surface area contributed by atoms with E-state index in [1.807, 2.05) is 0 Å². The van der Waals surface area contributed by atoms with Gasteiger partial charge in [0.25, 0.3) is 6.43 Å². The van der Waals surface area contributed by atoms with Crippen LogP contribution in [0.1, 0.15) is 22.5 Å². The smallest absolute Gasteiger partial charge is 0.265 e. The summed E-state index contributed by atoms with van der Waals surface area (Å²) >= 11 is 5.34. The zero-order valence-electron chi connectivity index (χ0n) is 6.10. The van der Waals surface area contributed by atoms with E-state index in [2.05, 4.69) is 4.98 Å². The number of alkyl halides is 2. The van der Waals surface area contributed by atoms with Gasteiger partial charge in [0, 0.05) is 11.6 Å². The normalized spacial score (nSPS) is 10.5. The molecule has 0 aromatic carbocycles. The molecule has 0 N–H and O–H groups in total. The molecule has 0 aliphatic rings. The van der Waals surface area contributed by atoms with Crippen molar-refractivity contribution in [3.05, 3.63) is 28.3 Å². The summed E-state index contributed by atoms with van der Waals surface area (Å²) in [5.41, 5.74) is -1.24. The summed E-state index contributed by atoms with van der Waals surface area (Å²) in [7, 11) is 0. The lowest BCUT2D eigenvalue weighted by atomic mass is 10.2. The second-order valence-electron chi connectivity index (χ2n) is 2.15. The van der Waals surface area contributed by atoms with E-state index < -0.39 is 28.7 Å². The van der Waals surface area contributed by atoms with E-state index >= 15 is 0 Å². The molecular weight excluding hydrogens is 207 g/mol. The highest BCUT2D eigenvalue weighted by Gasteiger charge is 2.17. The SMILES string of the molecule is O=Cc1nc(F)cc(C(F)F)c1Cl. The third-order valence-corrected chi connectivity index (χ3v) is 1.74. The van der Waals surface area contributed by atoms with E-state index in [4.69, 9.17) is 11.6 Å². The Morgan fingerprint density at radius 2 is 2.15 bits per heavy atom. The van der Waals surface area contributed by atoms with Gasteiger partial charge in [0.05, 0.1) is 5.02 Å². The van der Waals surface area contributed by atoms with Crippen molar-refractivity contribution in [2.45, 2.75) is 6.43 Å². The Kier molecular flexibility index (Phi) is 2.87. The van der Waals surface area contributed by atoms with Gasteiger partial charge in [0.15, 0.2) is 6.29 Å². The van der Waals surface area contributed by atoms with Gasteiger partial charge in [-0.05, 0) is 0 Å². The van der Waals surface area contributed by atoms with Crippen molar-refractivity contribution < 1.29 is 18.0 Å². The lowest BCUT2D eigenvalue weighted by Gasteiger charge is -2.03. The Balaban J connectivity index is 3.35. The maximum Gasteiger partial charge on any atom is 0.265 e. The summed E-state index contributed by atoms with van der Waals surface area (Å²) in [5, 5.41) is -0.508. The maximum absolute atomic E-state index is 12.5. The number of aromatic nitrogens is 1. The van der Waals surface area contributed by atoms with Crippen LogP contribution in [-0.4, -0.2) is 11.3 Å². The van der Waals surface area contributed by atoms with Crippen LogP contribution in [0.15, 0.2) is 6.07 Å². The Morgan fingerprint density at radius 3 is 2.62 bits per heavy atom. The number of carbonyl (C=O) groups is 1. The topological polar surface area (TPSA) is 30.0 Å². The molecule has 0 saturated heterocycles. The third-order valence-electron chi connectivity index (χ3n) is 1.33. The molecule has 0 saturated carbocycles. The highest BCUT2D eigenvalue weighted by atomic mass is 35.5. The number of nitrogens with zero attached hydrogens (tertiary/aromatic N) is 1. The van der Waals surface area contributed by atoms with Crippen LogP contribution in [0.4, 0.5) is 13.2 Å².